The van der Waals surface area contributed by atoms with E-state index in [1.807, 2.05) is 43.3 Å². The maximum Gasteiger partial charge on any atom is 0.323 e. The minimum absolute atomic E-state index is 0. The maximum atomic E-state index is 12.6. The average molecular weight is 403 g/mol. The molecule has 0 radical (unpaired) electrons. The van der Waals surface area contributed by atoms with E-state index in [1.165, 1.54) is 0 Å². The molecule has 1 saturated heterocycles. The van der Waals surface area contributed by atoms with Gasteiger partial charge in [0, 0.05) is 29.0 Å². The van der Waals surface area contributed by atoms with Gasteiger partial charge in [-0.3, -0.25) is 4.79 Å². The van der Waals surface area contributed by atoms with Gasteiger partial charge >= 0.3 is 6.03 Å². The van der Waals surface area contributed by atoms with E-state index in [0.717, 1.165) is 24.9 Å². The number of piperidine rings is 1. The van der Waals surface area contributed by atoms with Gasteiger partial charge in [-0.05, 0) is 63.1 Å². The molecule has 0 bridgehead atoms. The van der Waals surface area contributed by atoms with Crippen LogP contribution in [0.3, 0.4) is 0 Å². The Morgan fingerprint density at radius 2 is 1.82 bits per heavy atom. The summed E-state index contributed by atoms with van der Waals surface area (Å²) < 4.78 is 0. The lowest BCUT2D eigenvalue weighted by Gasteiger charge is -2.28. The van der Waals surface area contributed by atoms with E-state index in [0.29, 0.717) is 23.0 Å². The fraction of sp³-hybridized carbons (Fsp3) is 0.333. The van der Waals surface area contributed by atoms with Crippen LogP contribution in [-0.2, 0) is 0 Å². The Balaban J connectivity index is 0.00000280. The SMILES string of the molecule is Cc1ccc(C(=O)NC2CCNC(C)C2)cc1NC(=O)Nc1ccccc1.Cl. The van der Waals surface area contributed by atoms with Crippen LogP contribution < -0.4 is 21.3 Å². The number of amides is 3. The van der Waals surface area contributed by atoms with Gasteiger partial charge < -0.3 is 21.3 Å². The monoisotopic (exact) mass is 402 g/mol. The lowest BCUT2D eigenvalue weighted by atomic mass is 10.00. The molecule has 2 unspecified atom stereocenters. The van der Waals surface area contributed by atoms with Crippen molar-refractivity contribution in [2.45, 2.75) is 38.8 Å². The molecule has 0 spiro atoms. The summed E-state index contributed by atoms with van der Waals surface area (Å²) in [5.74, 6) is -0.111. The maximum absolute atomic E-state index is 12.6. The summed E-state index contributed by atoms with van der Waals surface area (Å²) in [6.45, 7) is 4.93. The zero-order valence-corrected chi connectivity index (χ0v) is 16.9. The van der Waals surface area contributed by atoms with Crippen molar-refractivity contribution in [1.82, 2.24) is 10.6 Å². The summed E-state index contributed by atoms with van der Waals surface area (Å²) >= 11 is 0. The largest absolute Gasteiger partial charge is 0.349 e. The van der Waals surface area contributed by atoms with Crippen LogP contribution in [0.1, 0.15) is 35.7 Å². The summed E-state index contributed by atoms with van der Waals surface area (Å²) in [6, 6.07) is 14.8. The molecule has 1 aliphatic heterocycles. The van der Waals surface area contributed by atoms with Crippen molar-refractivity contribution in [2.24, 2.45) is 0 Å². The summed E-state index contributed by atoms with van der Waals surface area (Å²) in [7, 11) is 0. The number of hydrogen-bond acceptors (Lipinski definition) is 3. The van der Waals surface area contributed by atoms with E-state index >= 15 is 0 Å². The van der Waals surface area contributed by atoms with Gasteiger partial charge in [0.1, 0.15) is 0 Å². The molecule has 3 rings (SSSR count). The van der Waals surface area contributed by atoms with Crippen LogP contribution in [0, 0.1) is 6.92 Å². The Morgan fingerprint density at radius 3 is 2.54 bits per heavy atom. The van der Waals surface area contributed by atoms with Gasteiger partial charge in [-0.25, -0.2) is 4.79 Å². The van der Waals surface area contributed by atoms with Gasteiger partial charge in [0.15, 0.2) is 0 Å². The van der Waals surface area contributed by atoms with E-state index in [2.05, 4.69) is 28.2 Å². The summed E-state index contributed by atoms with van der Waals surface area (Å²) in [5, 5.41) is 12.1. The number of carbonyl (C=O) groups is 2. The molecule has 1 aliphatic rings. The first kappa shape index (κ1) is 21.7. The summed E-state index contributed by atoms with van der Waals surface area (Å²) in [5.41, 5.74) is 2.77. The first-order chi connectivity index (χ1) is 13.0. The Hall–Kier alpha value is -2.57. The molecule has 150 valence electrons. The molecule has 1 heterocycles. The number of anilines is 2. The van der Waals surface area contributed by atoms with Crippen LogP contribution in [0.4, 0.5) is 16.2 Å². The molecule has 2 aromatic rings. The third-order valence-electron chi connectivity index (χ3n) is 4.74. The van der Waals surface area contributed by atoms with Crippen molar-refractivity contribution in [1.29, 1.82) is 0 Å². The highest BCUT2D eigenvalue weighted by Gasteiger charge is 2.20. The number of carbonyl (C=O) groups excluding carboxylic acids is 2. The normalized spacial score (nSPS) is 18.5. The first-order valence-electron chi connectivity index (χ1n) is 9.29. The quantitative estimate of drug-likeness (QED) is 0.625. The molecular weight excluding hydrogens is 376 g/mol. The lowest BCUT2D eigenvalue weighted by Crippen LogP contribution is -2.46. The van der Waals surface area contributed by atoms with E-state index in [-0.39, 0.29) is 30.4 Å². The Kier molecular flexibility index (Phi) is 7.84. The van der Waals surface area contributed by atoms with Crippen LogP contribution in [0.2, 0.25) is 0 Å². The highest BCUT2D eigenvalue weighted by atomic mass is 35.5. The molecule has 6 nitrogen and oxygen atoms in total. The Bertz CT molecular complexity index is 813. The number of benzene rings is 2. The predicted octanol–water partition coefficient (Wildman–Crippen LogP) is 3.93. The van der Waals surface area contributed by atoms with E-state index < -0.39 is 0 Å². The van der Waals surface area contributed by atoms with Gasteiger partial charge in [0.2, 0.25) is 0 Å². The van der Waals surface area contributed by atoms with Gasteiger partial charge in [-0.1, -0.05) is 24.3 Å². The number of urea groups is 1. The van der Waals surface area contributed by atoms with Gasteiger partial charge in [-0.15, -0.1) is 12.4 Å². The van der Waals surface area contributed by atoms with Crippen LogP contribution >= 0.6 is 12.4 Å². The smallest absolute Gasteiger partial charge is 0.323 e. The first-order valence-corrected chi connectivity index (χ1v) is 9.29. The summed E-state index contributed by atoms with van der Waals surface area (Å²) in [6.07, 6.45) is 1.84. The van der Waals surface area contributed by atoms with Crippen LogP contribution in [-0.4, -0.2) is 30.6 Å². The zero-order chi connectivity index (χ0) is 19.2. The number of nitrogens with one attached hydrogen (secondary N) is 4. The van der Waals surface area contributed by atoms with Gasteiger partial charge in [-0.2, -0.15) is 0 Å². The minimum Gasteiger partial charge on any atom is -0.349 e. The average Bonchev–Trinajstić information content (AvgIpc) is 2.64. The zero-order valence-electron chi connectivity index (χ0n) is 16.1. The molecule has 0 aromatic heterocycles. The standard InChI is InChI=1S/C21H26N4O2.ClH/c1-14-8-9-16(20(26)23-18-10-11-22-15(2)12-18)13-19(14)25-21(27)24-17-6-4-3-5-7-17;/h3-9,13,15,18,22H,10-12H2,1-2H3,(H,23,26)(H2,24,25,27);1H. The molecule has 3 amide bonds. The predicted molar refractivity (Wildman–Crippen MR) is 115 cm³/mol. The van der Waals surface area contributed by atoms with E-state index in [1.54, 1.807) is 12.1 Å². The van der Waals surface area contributed by atoms with Crippen LogP contribution in [0.15, 0.2) is 48.5 Å². The van der Waals surface area contributed by atoms with E-state index in [4.69, 9.17) is 0 Å². The Morgan fingerprint density at radius 1 is 1.07 bits per heavy atom. The van der Waals surface area contributed by atoms with Crippen molar-refractivity contribution in [3.05, 3.63) is 59.7 Å². The number of hydrogen-bond donors (Lipinski definition) is 4. The second-order valence-corrected chi connectivity index (χ2v) is 7.02. The van der Waals surface area contributed by atoms with Gasteiger partial charge in [0.05, 0.1) is 0 Å². The number of para-hydroxylation sites is 1. The van der Waals surface area contributed by atoms with E-state index in [9.17, 15) is 9.59 Å². The van der Waals surface area contributed by atoms with Crippen molar-refractivity contribution < 1.29 is 9.59 Å². The highest BCUT2D eigenvalue weighted by Crippen LogP contribution is 2.18. The minimum atomic E-state index is -0.339. The van der Waals surface area contributed by atoms with Crippen LogP contribution in [0.5, 0.6) is 0 Å². The summed E-state index contributed by atoms with van der Waals surface area (Å²) in [4.78, 5) is 24.8. The van der Waals surface area contributed by atoms with Crippen molar-refractivity contribution in [3.63, 3.8) is 0 Å². The molecule has 2 atom stereocenters. The topological polar surface area (TPSA) is 82.3 Å². The molecule has 1 fully saturated rings. The molecule has 4 N–H and O–H groups in total. The second kappa shape index (κ2) is 10.1. The molecule has 2 aromatic carbocycles. The fourth-order valence-electron chi connectivity index (χ4n) is 3.24. The van der Waals surface area contributed by atoms with Crippen molar-refractivity contribution in [2.75, 3.05) is 17.2 Å². The Labute approximate surface area is 171 Å². The molecule has 7 heteroatoms. The highest BCUT2D eigenvalue weighted by molar-refractivity contribution is 6.02. The van der Waals surface area contributed by atoms with Crippen LogP contribution in [0.25, 0.3) is 0 Å². The third-order valence-corrected chi connectivity index (χ3v) is 4.74. The van der Waals surface area contributed by atoms with Crippen molar-refractivity contribution >= 4 is 35.7 Å². The second-order valence-electron chi connectivity index (χ2n) is 7.02. The molecule has 0 saturated carbocycles. The fourth-order valence-corrected chi connectivity index (χ4v) is 3.24. The number of aryl methyl sites for hydroxylation is 1. The van der Waals surface area contributed by atoms with Gasteiger partial charge in [0.25, 0.3) is 5.91 Å². The third kappa shape index (κ3) is 5.97. The molecular formula is C21H27ClN4O2. The number of rotatable bonds is 4. The molecule has 28 heavy (non-hydrogen) atoms. The lowest BCUT2D eigenvalue weighted by molar-refractivity contribution is 0.0925. The molecule has 0 aliphatic carbocycles. The van der Waals surface area contributed by atoms with Crippen molar-refractivity contribution in [3.8, 4) is 0 Å². The number of halogens is 1.